The van der Waals surface area contributed by atoms with Gasteiger partial charge in [-0.2, -0.15) is 0 Å². The van der Waals surface area contributed by atoms with Crippen molar-refractivity contribution in [2.24, 2.45) is 0 Å². The van der Waals surface area contributed by atoms with Crippen LogP contribution in [0.25, 0.3) is 0 Å². The third-order valence-corrected chi connectivity index (χ3v) is 2.92. The highest BCUT2D eigenvalue weighted by molar-refractivity contribution is 6.76. The molecule has 0 atom stereocenters. The number of rotatable bonds is 3. The summed E-state index contributed by atoms with van der Waals surface area (Å²) in [5.41, 5.74) is 0.658. The molecule has 0 amide bonds. The molecule has 104 valence electrons. The number of halogens is 3. The van der Waals surface area contributed by atoms with E-state index in [0.717, 1.165) is 0 Å². The van der Waals surface area contributed by atoms with Gasteiger partial charge in [-0.25, -0.2) is 0 Å². The molecule has 2 rings (SSSR count). The molecule has 1 aliphatic rings. The fourth-order valence-corrected chi connectivity index (χ4v) is 1.66. The molecular formula is C11H10Cl3NO4. The maximum atomic E-state index is 7.46. The van der Waals surface area contributed by atoms with Crippen molar-refractivity contribution in [2.45, 2.75) is 10.4 Å². The van der Waals surface area contributed by atoms with E-state index in [1.165, 1.54) is 7.11 Å². The average molecular weight is 327 g/mol. The van der Waals surface area contributed by atoms with E-state index in [1.807, 2.05) is 0 Å². The Morgan fingerprint density at radius 3 is 2.53 bits per heavy atom. The van der Waals surface area contributed by atoms with Gasteiger partial charge < -0.3 is 18.9 Å². The molecule has 0 bridgehead atoms. The van der Waals surface area contributed by atoms with Crippen molar-refractivity contribution >= 4 is 40.7 Å². The fourth-order valence-electron chi connectivity index (χ4n) is 1.50. The zero-order valence-electron chi connectivity index (χ0n) is 9.84. The molecule has 1 N–H and O–H groups in total. The molecule has 1 aliphatic heterocycles. The minimum Gasteiger partial charge on any atom is -0.496 e. The molecule has 0 spiro atoms. The average Bonchev–Trinajstić information content (AvgIpc) is 2.80. The summed E-state index contributed by atoms with van der Waals surface area (Å²) in [7, 11) is 1.52. The van der Waals surface area contributed by atoms with Crippen molar-refractivity contribution in [2.75, 3.05) is 13.9 Å². The lowest BCUT2D eigenvalue weighted by Gasteiger charge is -2.15. The van der Waals surface area contributed by atoms with E-state index in [0.29, 0.717) is 22.8 Å². The Morgan fingerprint density at radius 1 is 1.32 bits per heavy atom. The third-order valence-electron chi connectivity index (χ3n) is 2.41. The van der Waals surface area contributed by atoms with Gasteiger partial charge >= 0.3 is 0 Å². The van der Waals surface area contributed by atoms with E-state index in [-0.39, 0.29) is 13.4 Å². The molecule has 1 aromatic carbocycles. The lowest BCUT2D eigenvalue weighted by atomic mass is 10.2. The zero-order chi connectivity index (χ0) is 14.0. The van der Waals surface area contributed by atoms with Crippen LogP contribution in [-0.2, 0) is 11.3 Å². The first-order valence-electron chi connectivity index (χ1n) is 5.17. The van der Waals surface area contributed by atoms with Crippen molar-refractivity contribution in [3.63, 3.8) is 0 Å². The van der Waals surface area contributed by atoms with Crippen LogP contribution in [0.3, 0.4) is 0 Å². The van der Waals surface area contributed by atoms with Crippen molar-refractivity contribution in [3.8, 4) is 17.2 Å². The minimum absolute atomic E-state index is 0.0204. The first kappa shape index (κ1) is 14.4. The quantitative estimate of drug-likeness (QED) is 0.526. The van der Waals surface area contributed by atoms with Crippen LogP contribution in [0.4, 0.5) is 0 Å². The van der Waals surface area contributed by atoms with Gasteiger partial charge in [0.15, 0.2) is 11.5 Å². The zero-order valence-corrected chi connectivity index (χ0v) is 12.1. The van der Waals surface area contributed by atoms with Crippen molar-refractivity contribution < 1.29 is 18.9 Å². The fraction of sp³-hybridized carbons (Fsp3) is 0.364. The molecule has 0 saturated heterocycles. The molecule has 5 nitrogen and oxygen atoms in total. The first-order valence-corrected chi connectivity index (χ1v) is 6.30. The Bertz CT molecular complexity index is 501. The second kappa shape index (κ2) is 5.53. The summed E-state index contributed by atoms with van der Waals surface area (Å²) in [6.07, 6.45) is 0. The molecule has 0 fully saturated rings. The second-order valence-electron chi connectivity index (χ2n) is 3.63. The normalized spacial score (nSPS) is 13.3. The number of hydrogen-bond acceptors (Lipinski definition) is 5. The van der Waals surface area contributed by atoms with E-state index >= 15 is 0 Å². The molecule has 0 unspecified atom stereocenters. The summed E-state index contributed by atoms with van der Waals surface area (Å²) in [5, 5.41) is 7.46. The lowest BCUT2D eigenvalue weighted by molar-refractivity contribution is 0.173. The highest BCUT2D eigenvalue weighted by Gasteiger charge is 2.29. The number of hydrogen-bond donors (Lipinski definition) is 1. The molecule has 0 saturated carbocycles. The van der Waals surface area contributed by atoms with Gasteiger partial charge in [0.2, 0.25) is 12.7 Å². The Labute approximate surface area is 124 Å². The molecule has 0 aromatic heterocycles. The third kappa shape index (κ3) is 3.29. The van der Waals surface area contributed by atoms with Crippen LogP contribution >= 0.6 is 34.8 Å². The van der Waals surface area contributed by atoms with E-state index in [1.54, 1.807) is 12.1 Å². The van der Waals surface area contributed by atoms with E-state index in [9.17, 15) is 0 Å². The minimum atomic E-state index is -1.89. The van der Waals surface area contributed by atoms with E-state index in [2.05, 4.69) is 0 Å². The van der Waals surface area contributed by atoms with Crippen molar-refractivity contribution in [3.05, 3.63) is 17.7 Å². The predicted molar refractivity (Wildman–Crippen MR) is 71.9 cm³/mol. The molecule has 1 aromatic rings. The summed E-state index contributed by atoms with van der Waals surface area (Å²) < 4.78 is 18.9. The lowest BCUT2D eigenvalue weighted by Crippen LogP contribution is -2.21. The summed E-state index contributed by atoms with van der Waals surface area (Å²) in [4.78, 5) is 0. The van der Waals surface area contributed by atoms with Gasteiger partial charge in [-0.15, -0.1) is 0 Å². The molecule has 0 aliphatic carbocycles. The SMILES string of the molecule is COc1cc2c(cc1COC(=N)C(Cl)(Cl)Cl)OCO2. The largest absolute Gasteiger partial charge is 0.496 e. The maximum absolute atomic E-state index is 7.46. The Morgan fingerprint density at radius 2 is 1.95 bits per heavy atom. The van der Waals surface area contributed by atoms with Crippen LogP contribution in [0.1, 0.15) is 5.56 Å². The number of alkyl halides is 3. The molecule has 1 heterocycles. The highest BCUT2D eigenvalue weighted by Crippen LogP contribution is 2.38. The van der Waals surface area contributed by atoms with Gasteiger partial charge in [-0.1, -0.05) is 34.8 Å². The second-order valence-corrected chi connectivity index (χ2v) is 5.91. The molecule has 8 heteroatoms. The molecular weight excluding hydrogens is 316 g/mol. The Kier molecular flexibility index (Phi) is 4.18. The molecule has 19 heavy (non-hydrogen) atoms. The van der Waals surface area contributed by atoms with Crippen molar-refractivity contribution in [1.82, 2.24) is 0 Å². The van der Waals surface area contributed by atoms with Crippen LogP contribution < -0.4 is 14.2 Å². The van der Waals surface area contributed by atoms with Gasteiger partial charge in [-0.05, 0) is 6.07 Å². The highest BCUT2D eigenvalue weighted by atomic mass is 35.6. The number of fused-ring (bicyclic) bond motifs is 1. The van der Waals surface area contributed by atoms with Crippen LogP contribution in [0.15, 0.2) is 12.1 Å². The van der Waals surface area contributed by atoms with Gasteiger partial charge in [0.25, 0.3) is 3.79 Å². The standard InChI is InChI=1S/C11H10Cl3NO4/c1-16-7-3-9-8(18-5-19-9)2-6(7)4-17-10(15)11(12,13)14/h2-3,15H,4-5H2,1H3. The van der Waals surface area contributed by atoms with Gasteiger partial charge in [0, 0.05) is 11.6 Å². The number of methoxy groups -OCH3 is 1. The van der Waals surface area contributed by atoms with E-state index < -0.39 is 9.69 Å². The summed E-state index contributed by atoms with van der Waals surface area (Å²) in [6, 6.07) is 3.38. The van der Waals surface area contributed by atoms with Crippen LogP contribution in [0.5, 0.6) is 17.2 Å². The Balaban J connectivity index is 2.14. The Hall–Kier alpha value is -1.04. The monoisotopic (exact) mass is 325 g/mol. The summed E-state index contributed by atoms with van der Waals surface area (Å²) in [6.45, 7) is 0.180. The van der Waals surface area contributed by atoms with E-state index in [4.69, 9.17) is 59.2 Å². The molecule has 0 radical (unpaired) electrons. The number of benzene rings is 1. The number of nitrogens with one attached hydrogen (secondary N) is 1. The van der Waals surface area contributed by atoms with Crippen molar-refractivity contribution in [1.29, 1.82) is 5.41 Å². The van der Waals surface area contributed by atoms with Crippen LogP contribution in [0, 0.1) is 5.41 Å². The van der Waals surface area contributed by atoms with Gasteiger partial charge in [-0.3, -0.25) is 5.41 Å². The van der Waals surface area contributed by atoms with Gasteiger partial charge in [0.05, 0.1) is 7.11 Å². The topological polar surface area (TPSA) is 60.8 Å². The van der Waals surface area contributed by atoms with Crippen LogP contribution in [-0.4, -0.2) is 23.6 Å². The van der Waals surface area contributed by atoms with Crippen LogP contribution in [0.2, 0.25) is 0 Å². The summed E-state index contributed by atoms with van der Waals surface area (Å²) in [5.74, 6) is 1.26. The smallest absolute Gasteiger partial charge is 0.265 e. The summed E-state index contributed by atoms with van der Waals surface area (Å²) >= 11 is 16.6. The first-order chi connectivity index (χ1) is 8.91. The van der Waals surface area contributed by atoms with Gasteiger partial charge in [0.1, 0.15) is 12.4 Å². The predicted octanol–water partition coefficient (Wildman–Crippen LogP) is 3.29. The number of ether oxygens (including phenoxy) is 4. The maximum Gasteiger partial charge on any atom is 0.265 e.